The van der Waals surface area contributed by atoms with Gasteiger partial charge in [0.25, 0.3) is 0 Å². The van der Waals surface area contributed by atoms with Crippen molar-refractivity contribution in [3.05, 3.63) is 122 Å². The third-order valence-corrected chi connectivity index (χ3v) is 14.2. The highest BCUT2D eigenvalue weighted by Crippen LogP contribution is 2.43. The first-order chi connectivity index (χ1) is 37.0. The molecule has 76 heavy (non-hydrogen) atoms. The Labute approximate surface area is 469 Å². The number of carbonyl (C=O) groups excluding carboxylic acids is 1. The van der Waals surface area contributed by atoms with Gasteiger partial charge in [-0.15, -0.1) is 0 Å². The number of allylic oxidation sites excluding steroid dienone is 20. The van der Waals surface area contributed by atoms with E-state index in [0.29, 0.717) is 23.9 Å². The summed E-state index contributed by atoms with van der Waals surface area (Å²) >= 11 is 0. The second kappa shape index (κ2) is 56.6. The van der Waals surface area contributed by atoms with Crippen molar-refractivity contribution in [1.82, 2.24) is 5.32 Å². The van der Waals surface area contributed by atoms with Crippen LogP contribution in [0, 0.1) is 0 Å². The highest BCUT2D eigenvalue weighted by atomic mass is 31.2. The average Bonchev–Trinajstić information content (AvgIpc) is 3.38. The van der Waals surface area contributed by atoms with E-state index in [4.69, 9.17) is 9.05 Å². The number of hydrogen-bond donors (Lipinski definition) is 3. The van der Waals surface area contributed by atoms with Crippen LogP contribution in [0.4, 0.5) is 0 Å². The van der Waals surface area contributed by atoms with Crippen LogP contribution in [0.5, 0.6) is 0 Å². The summed E-state index contributed by atoms with van der Waals surface area (Å²) in [6, 6.07) is -0.773. The van der Waals surface area contributed by atoms with Gasteiger partial charge in [0.15, 0.2) is 0 Å². The second-order valence-corrected chi connectivity index (χ2v) is 23.2. The molecule has 0 aliphatic heterocycles. The minimum absolute atomic E-state index is 0.0676. The third kappa shape index (κ3) is 58.6. The molecule has 0 radical (unpaired) electrons. The van der Waals surface area contributed by atoms with E-state index in [1.807, 2.05) is 21.1 Å². The Kier molecular flexibility index (Phi) is 54.3. The lowest BCUT2D eigenvalue weighted by Gasteiger charge is -2.26. The third-order valence-electron chi connectivity index (χ3n) is 13.2. The molecule has 0 aliphatic carbocycles. The molecule has 0 fully saturated rings. The smallest absolute Gasteiger partial charge is 0.391 e. The Morgan fingerprint density at radius 2 is 0.789 bits per heavy atom. The zero-order valence-corrected chi connectivity index (χ0v) is 50.6. The average molecular weight is 1080 g/mol. The number of hydrogen-bond acceptors (Lipinski definition) is 5. The van der Waals surface area contributed by atoms with Crippen molar-refractivity contribution < 1.29 is 32.9 Å². The molecule has 3 unspecified atom stereocenters. The molecule has 0 heterocycles. The number of aliphatic hydroxyl groups is 1. The SMILES string of the molecule is CC/C=C\C/C=C\C/C=C\C/C=C\C/C=C\C/C=C\C/C=C\C/C=C\C/C=C\C/C=C\CCCCCCCCCCC(=O)NC(COP(=O)(O)OCC[N+](C)(C)C)C(O)CCCCCCCCCCCCCCCCC. The zero-order valence-electron chi connectivity index (χ0n) is 49.7. The summed E-state index contributed by atoms with van der Waals surface area (Å²) in [6.45, 7) is 4.76. The zero-order chi connectivity index (χ0) is 55.6. The first-order valence-corrected chi connectivity index (χ1v) is 32.4. The lowest BCUT2D eigenvalue weighted by Crippen LogP contribution is -2.46. The van der Waals surface area contributed by atoms with Gasteiger partial charge in [-0.25, -0.2) is 4.57 Å². The van der Waals surface area contributed by atoms with Crippen LogP contribution in [0.1, 0.15) is 245 Å². The first-order valence-electron chi connectivity index (χ1n) is 30.9. The normalized spacial score (nSPS) is 14.7. The molecule has 0 saturated carbocycles. The number of phosphoric acid groups is 1. The molecule has 1 amide bonds. The molecule has 0 spiro atoms. The highest BCUT2D eigenvalue weighted by Gasteiger charge is 2.28. The maximum Gasteiger partial charge on any atom is 0.472 e. The molecular weight excluding hydrogens is 960 g/mol. The molecule has 0 aromatic rings. The molecule has 8 nitrogen and oxygen atoms in total. The van der Waals surface area contributed by atoms with Crippen LogP contribution in [-0.2, 0) is 18.4 Å². The van der Waals surface area contributed by atoms with E-state index in [1.54, 1.807) is 0 Å². The van der Waals surface area contributed by atoms with Crippen LogP contribution in [0.2, 0.25) is 0 Å². The fraction of sp³-hybridized carbons (Fsp3) is 0.687. The molecule has 0 rings (SSSR count). The quantitative estimate of drug-likeness (QED) is 0.0243. The molecule has 3 N–H and O–H groups in total. The number of nitrogens with one attached hydrogen (secondary N) is 1. The minimum Gasteiger partial charge on any atom is -0.391 e. The van der Waals surface area contributed by atoms with E-state index in [9.17, 15) is 19.4 Å². The van der Waals surface area contributed by atoms with E-state index in [1.165, 1.54) is 109 Å². The van der Waals surface area contributed by atoms with Gasteiger partial charge >= 0.3 is 7.82 Å². The summed E-state index contributed by atoms with van der Waals surface area (Å²) in [5, 5.41) is 14.1. The van der Waals surface area contributed by atoms with Crippen LogP contribution in [0.3, 0.4) is 0 Å². The Morgan fingerprint density at radius 1 is 0.461 bits per heavy atom. The number of quaternary nitrogens is 1. The van der Waals surface area contributed by atoms with Gasteiger partial charge in [0.2, 0.25) is 5.91 Å². The van der Waals surface area contributed by atoms with E-state index >= 15 is 0 Å². The minimum atomic E-state index is -4.33. The fourth-order valence-electron chi connectivity index (χ4n) is 8.43. The topological polar surface area (TPSA) is 105 Å². The Morgan fingerprint density at radius 3 is 1.16 bits per heavy atom. The van der Waals surface area contributed by atoms with Crippen LogP contribution >= 0.6 is 7.82 Å². The van der Waals surface area contributed by atoms with Gasteiger partial charge in [0, 0.05) is 6.42 Å². The van der Waals surface area contributed by atoms with Crippen molar-refractivity contribution in [3.8, 4) is 0 Å². The Balaban J connectivity index is 4.12. The van der Waals surface area contributed by atoms with Crippen LogP contribution < -0.4 is 5.32 Å². The van der Waals surface area contributed by atoms with Crippen LogP contribution in [-0.4, -0.2) is 73.4 Å². The predicted octanol–water partition coefficient (Wildman–Crippen LogP) is 19.3. The number of carbonyl (C=O) groups is 1. The van der Waals surface area contributed by atoms with Crippen molar-refractivity contribution in [1.29, 1.82) is 0 Å². The summed E-state index contributed by atoms with van der Waals surface area (Å²) in [4.78, 5) is 23.3. The van der Waals surface area contributed by atoms with Gasteiger partial charge in [0.05, 0.1) is 39.9 Å². The predicted molar refractivity (Wildman–Crippen MR) is 332 cm³/mol. The molecule has 0 bridgehead atoms. The maximum absolute atomic E-state index is 13.0. The lowest BCUT2D eigenvalue weighted by molar-refractivity contribution is -0.870. The van der Waals surface area contributed by atoms with E-state index < -0.39 is 20.0 Å². The largest absolute Gasteiger partial charge is 0.472 e. The summed E-state index contributed by atoms with van der Waals surface area (Å²) in [5.74, 6) is -0.157. The van der Waals surface area contributed by atoms with Gasteiger partial charge in [-0.3, -0.25) is 13.8 Å². The van der Waals surface area contributed by atoms with Crippen LogP contribution in [0.15, 0.2) is 122 Å². The van der Waals surface area contributed by atoms with E-state index in [0.717, 1.165) is 109 Å². The number of aliphatic hydroxyl groups excluding tert-OH is 1. The molecule has 0 aromatic heterocycles. The molecule has 0 saturated heterocycles. The van der Waals surface area contributed by atoms with Gasteiger partial charge in [-0.1, -0.05) is 270 Å². The van der Waals surface area contributed by atoms with Gasteiger partial charge in [-0.2, -0.15) is 0 Å². The number of nitrogens with zero attached hydrogens (tertiary/aromatic N) is 1. The molecule has 0 aromatic carbocycles. The van der Waals surface area contributed by atoms with Gasteiger partial charge in [-0.05, 0) is 89.9 Å². The Bertz CT molecular complexity index is 1650. The summed E-state index contributed by atoms with van der Waals surface area (Å²) in [7, 11) is 1.60. The number of unbranched alkanes of at least 4 members (excludes halogenated alkanes) is 22. The van der Waals surface area contributed by atoms with Crippen molar-refractivity contribution in [2.45, 2.75) is 257 Å². The fourth-order valence-corrected chi connectivity index (χ4v) is 9.16. The first kappa shape index (κ1) is 72.9. The molecular formula is C67H118N2O6P+. The number of phosphoric ester groups is 1. The van der Waals surface area contributed by atoms with Crippen molar-refractivity contribution in [3.63, 3.8) is 0 Å². The monoisotopic (exact) mass is 1080 g/mol. The Hall–Kier alpha value is -3.10. The summed E-state index contributed by atoms with van der Waals surface area (Å²) < 4.78 is 23.8. The van der Waals surface area contributed by atoms with Gasteiger partial charge in [0.1, 0.15) is 13.2 Å². The van der Waals surface area contributed by atoms with E-state index in [-0.39, 0.29) is 19.1 Å². The number of amides is 1. The standard InChI is InChI=1S/C67H117N2O6P/c1-6-8-10-12-14-16-18-20-22-23-24-25-26-27-28-29-30-31-32-33-34-35-36-37-38-39-40-41-42-43-44-45-47-49-51-53-55-57-59-61-67(71)68-65(64-75-76(72,73)74-63-62-69(3,4)5)66(70)60-58-56-54-52-50-48-46-21-19-17-15-13-11-9-7-2/h8,10,14,16,20,22,24-25,27-28,30-31,33-34,36-37,39-40,42-43,65-66,70H,6-7,9,11-13,15,17-19,21,23,26,29,32,35,38,41,44-64H2,1-5H3,(H-,68,71,72,73)/p+1/b10-8-,16-14-,22-20-,25-24-,28-27-,31-30-,34-33-,37-36-,40-39-,43-42-. The maximum atomic E-state index is 13.0. The molecule has 9 heteroatoms. The van der Waals surface area contributed by atoms with Crippen molar-refractivity contribution >= 4 is 13.7 Å². The number of likely N-dealkylation sites (N-methyl/N-ethyl adjacent to an activating group) is 1. The highest BCUT2D eigenvalue weighted by molar-refractivity contribution is 7.47. The van der Waals surface area contributed by atoms with Crippen molar-refractivity contribution in [2.24, 2.45) is 0 Å². The molecule has 436 valence electrons. The summed E-state index contributed by atoms with van der Waals surface area (Å²) in [6.07, 6.45) is 84.0. The van der Waals surface area contributed by atoms with Gasteiger partial charge < -0.3 is 19.8 Å². The number of rotatable bonds is 55. The lowest BCUT2D eigenvalue weighted by atomic mass is 10.0. The molecule has 3 atom stereocenters. The van der Waals surface area contributed by atoms with Crippen LogP contribution in [0.25, 0.3) is 0 Å². The summed E-state index contributed by atoms with van der Waals surface area (Å²) in [5.41, 5.74) is 0. The van der Waals surface area contributed by atoms with E-state index in [2.05, 4.69) is 141 Å². The second-order valence-electron chi connectivity index (χ2n) is 21.7. The molecule has 0 aliphatic rings. The van der Waals surface area contributed by atoms with Crippen molar-refractivity contribution in [2.75, 3.05) is 40.9 Å².